The van der Waals surface area contributed by atoms with Crippen LogP contribution in [0.4, 0.5) is 0 Å². The van der Waals surface area contributed by atoms with Gasteiger partial charge in [-0.15, -0.1) is 0 Å². The molecule has 0 saturated heterocycles. The molecule has 0 atom stereocenters. The molecule has 0 heterocycles. The van der Waals surface area contributed by atoms with Crippen molar-refractivity contribution in [2.24, 2.45) is 0 Å². The van der Waals surface area contributed by atoms with Crippen molar-refractivity contribution in [3.05, 3.63) is 33.8 Å². The molecule has 0 aliphatic heterocycles. The van der Waals surface area contributed by atoms with Gasteiger partial charge in [-0.2, -0.15) is 0 Å². The highest BCUT2D eigenvalue weighted by Crippen LogP contribution is 2.17. The summed E-state index contributed by atoms with van der Waals surface area (Å²) in [7, 11) is 1.57. The summed E-state index contributed by atoms with van der Waals surface area (Å²) in [5, 5.41) is 5.19. The molecule has 0 saturated carbocycles. The molecular formula is C12H15BrN2O2. The fourth-order valence-corrected chi connectivity index (χ4v) is 1.63. The normalized spacial score (nSPS) is 9.82. The number of hydrogen-bond acceptors (Lipinski definition) is 2. The lowest BCUT2D eigenvalue weighted by molar-refractivity contribution is -0.120. The van der Waals surface area contributed by atoms with Gasteiger partial charge < -0.3 is 10.6 Å². The second-order valence-electron chi connectivity index (χ2n) is 3.64. The van der Waals surface area contributed by atoms with Crippen LogP contribution in [0.3, 0.4) is 0 Å². The van der Waals surface area contributed by atoms with Gasteiger partial charge in [0.1, 0.15) is 0 Å². The van der Waals surface area contributed by atoms with Crippen molar-refractivity contribution in [3.63, 3.8) is 0 Å². The zero-order valence-electron chi connectivity index (χ0n) is 9.84. The predicted octanol–water partition coefficient (Wildman–Crippen LogP) is 1.62. The highest BCUT2D eigenvalue weighted by atomic mass is 79.9. The monoisotopic (exact) mass is 298 g/mol. The maximum Gasteiger partial charge on any atom is 0.251 e. The van der Waals surface area contributed by atoms with E-state index in [0.29, 0.717) is 12.1 Å². The van der Waals surface area contributed by atoms with Crippen LogP contribution in [0.25, 0.3) is 0 Å². The Hall–Kier alpha value is -1.36. The minimum absolute atomic E-state index is 0.0876. The Morgan fingerprint density at radius 3 is 2.65 bits per heavy atom. The van der Waals surface area contributed by atoms with Crippen molar-refractivity contribution in [1.82, 2.24) is 10.6 Å². The molecule has 0 aliphatic carbocycles. The summed E-state index contributed by atoms with van der Waals surface area (Å²) in [6.07, 6.45) is 0.287. The van der Waals surface area contributed by atoms with Gasteiger partial charge in [-0.1, -0.05) is 22.0 Å². The second-order valence-corrected chi connectivity index (χ2v) is 4.50. The van der Waals surface area contributed by atoms with E-state index in [2.05, 4.69) is 26.6 Å². The third-order valence-corrected chi connectivity index (χ3v) is 3.20. The van der Waals surface area contributed by atoms with E-state index >= 15 is 0 Å². The van der Waals surface area contributed by atoms with Gasteiger partial charge in [-0.3, -0.25) is 9.59 Å². The Morgan fingerprint density at radius 2 is 2.06 bits per heavy atom. The van der Waals surface area contributed by atoms with Crippen LogP contribution < -0.4 is 10.6 Å². The lowest BCUT2D eigenvalue weighted by Gasteiger charge is -2.06. The van der Waals surface area contributed by atoms with Crippen LogP contribution >= 0.6 is 15.9 Å². The molecule has 1 aromatic carbocycles. The lowest BCUT2D eigenvalue weighted by Crippen LogP contribution is -2.29. The van der Waals surface area contributed by atoms with E-state index in [1.807, 2.05) is 13.0 Å². The zero-order valence-corrected chi connectivity index (χ0v) is 11.4. The second kappa shape index (κ2) is 6.39. The van der Waals surface area contributed by atoms with Gasteiger partial charge in [0.15, 0.2) is 0 Å². The lowest BCUT2D eigenvalue weighted by atomic mass is 10.1. The summed E-state index contributed by atoms with van der Waals surface area (Å²) in [5.41, 5.74) is 1.66. The van der Waals surface area contributed by atoms with Crippen LogP contribution in [0.15, 0.2) is 22.7 Å². The van der Waals surface area contributed by atoms with E-state index < -0.39 is 0 Å². The SMILES string of the molecule is CNC(=O)CCNC(=O)c1ccc(C)c(Br)c1. The maximum atomic E-state index is 11.7. The third kappa shape index (κ3) is 4.19. The summed E-state index contributed by atoms with van der Waals surface area (Å²) >= 11 is 3.37. The Kier molecular flexibility index (Phi) is 5.15. The van der Waals surface area contributed by atoms with Gasteiger partial charge in [0.25, 0.3) is 5.91 Å². The summed E-state index contributed by atoms with van der Waals surface area (Å²) in [5.74, 6) is -0.259. The van der Waals surface area contributed by atoms with E-state index in [0.717, 1.165) is 10.0 Å². The van der Waals surface area contributed by atoms with Crippen LogP contribution in [-0.2, 0) is 4.79 Å². The van der Waals surface area contributed by atoms with Crippen molar-refractivity contribution in [3.8, 4) is 0 Å². The average molecular weight is 299 g/mol. The molecule has 1 aromatic rings. The summed E-state index contributed by atoms with van der Waals surface area (Å²) in [6.45, 7) is 2.29. The van der Waals surface area contributed by atoms with Crippen LogP contribution in [0.1, 0.15) is 22.3 Å². The van der Waals surface area contributed by atoms with Crippen molar-refractivity contribution in [1.29, 1.82) is 0 Å². The molecule has 2 amide bonds. The smallest absolute Gasteiger partial charge is 0.251 e. The number of halogens is 1. The number of carbonyl (C=O) groups excluding carboxylic acids is 2. The molecular weight excluding hydrogens is 284 g/mol. The molecule has 0 fully saturated rings. The summed E-state index contributed by atoms with van der Waals surface area (Å²) in [6, 6.07) is 5.40. The van der Waals surface area contributed by atoms with Gasteiger partial charge >= 0.3 is 0 Å². The van der Waals surface area contributed by atoms with E-state index in [9.17, 15) is 9.59 Å². The minimum atomic E-state index is -0.172. The standard InChI is InChI=1S/C12H15BrN2O2/c1-8-3-4-9(7-10(8)13)12(17)15-6-5-11(16)14-2/h3-4,7H,5-6H2,1-2H3,(H,14,16)(H,15,17). The number of hydrogen-bond donors (Lipinski definition) is 2. The van der Waals surface area contributed by atoms with Gasteiger partial charge in [-0.05, 0) is 24.6 Å². The van der Waals surface area contributed by atoms with Gasteiger partial charge in [-0.25, -0.2) is 0 Å². The Bertz CT molecular complexity index is 433. The van der Waals surface area contributed by atoms with Crippen LogP contribution in [0.2, 0.25) is 0 Å². The molecule has 4 nitrogen and oxygen atoms in total. The number of amides is 2. The first-order valence-corrected chi connectivity index (χ1v) is 6.09. The first kappa shape index (κ1) is 13.7. The van der Waals surface area contributed by atoms with Crippen LogP contribution in [0.5, 0.6) is 0 Å². The van der Waals surface area contributed by atoms with E-state index in [4.69, 9.17) is 0 Å². The van der Waals surface area contributed by atoms with E-state index in [1.165, 1.54) is 0 Å². The molecule has 17 heavy (non-hydrogen) atoms. The highest BCUT2D eigenvalue weighted by molar-refractivity contribution is 9.10. The Labute approximate surface area is 109 Å². The number of rotatable bonds is 4. The zero-order chi connectivity index (χ0) is 12.8. The molecule has 0 radical (unpaired) electrons. The molecule has 5 heteroatoms. The fraction of sp³-hybridized carbons (Fsp3) is 0.333. The van der Waals surface area contributed by atoms with Crippen LogP contribution in [0, 0.1) is 6.92 Å². The highest BCUT2D eigenvalue weighted by Gasteiger charge is 2.07. The number of aryl methyl sites for hydroxylation is 1. The molecule has 2 N–H and O–H groups in total. The molecule has 0 bridgehead atoms. The molecule has 92 valence electrons. The summed E-state index contributed by atoms with van der Waals surface area (Å²) < 4.78 is 0.899. The van der Waals surface area contributed by atoms with Gasteiger partial charge in [0.2, 0.25) is 5.91 Å². The predicted molar refractivity (Wildman–Crippen MR) is 69.9 cm³/mol. The quantitative estimate of drug-likeness (QED) is 0.887. The van der Waals surface area contributed by atoms with Crippen molar-refractivity contribution in [2.45, 2.75) is 13.3 Å². The number of nitrogens with one attached hydrogen (secondary N) is 2. The first-order chi connectivity index (χ1) is 8.04. The number of carbonyl (C=O) groups is 2. The van der Waals surface area contributed by atoms with Crippen molar-refractivity contribution < 1.29 is 9.59 Å². The maximum absolute atomic E-state index is 11.7. The summed E-state index contributed by atoms with van der Waals surface area (Å²) in [4.78, 5) is 22.7. The van der Waals surface area contributed by atoms with Gasteiger partial charge in [0, 0.05) is 30.0 Å². The Morgan fingerprint density at radius 1 is 1.35 bits per heavy atom. The molecule has 1 rings (SSSR count). The average Bonchev–Trinajstić information content (AvgIpc) is 2.32. The topological polar surface area (TPSA) is 58.2 Å². The van der Waals surface area contributed by atoms with E-state index in [-0.39, 0.29) is 18.2 Å². The molecule has 0 spiro atoms. The fourth-order valence-electron chi connectivity index (χ4n) is 1.25. The van der Waals surface area contributed by atoms with E-state index in [1.54, 1.807) is 19.2 Å². The first-order valence-electron chi connectivity index (χ1n) is 5.29. The van der Waals surface area contributed by atoms with Crippen LogP contribution in [-0.4, -0.2) is 25.4 Å². The largest absolute Gasteiger partial charge is 0.359 e. The van der Waals surface area contributed by atoms with Gasteiger partial charge in [0.05, 0.1) is 0 Å². The molecule has 0 aromatic heterocycles. The molecule has 0 aliphatic rings. The number of benzene rings is 1. The van der Waals surface area contributed by atoms with Crippen molar-refractivity contribution in [2.75, 3.05) is 13.6 Å². The molecule has 0 unspecified atom stereocenters. The van der Waals surface area contributed by atoms with Crippen molar-refractivity contribution >= 4 is 27.7 Å². The third-order valence-electron chi connectivity index (χ3n) is 2.35. The Balaban J connectivity index is 2.52. The minimum Gasteiger partial charge on any atom is -0.359 e.